The van der Waals surface area contributed by atoms with Crippen LogP contribution >= 0.6 is 66.4 Å². The first-order valence-electron chi connectivity index (χ1n) is 4.83. The van der Waals surface area contributed by atoms with Crippen LogP contribution in [0.3, 0.4) is 0 Å². The average Bonchev–Trinajstić information content (AvgIpc) is 2.57. The Morgan fingerprint density at radius 1 is 1.18 bits per heavy atom. The van der Waals surface area contributed by atoms with Crippen molar-refractivity contribution in [2.45, 2.75) is 12.3 Å². The maximum absolute atomic E-state index is 6.47. The summed E-state index contributed by atoms with van der Waals surface area (Å²) in [5, 5.41) is 0.521. The molecular weight excluding hydrogens is 407 g/mol. The van der Waals surface area contributed by atoms with E-state index < -0.39 is 0 Å². The van der Waals surface area contributed by atoms with Gasteiger partial charge in [0.15, 0.2) is 0 Å². The van der Waals surface area contributed by atoms with E-state index in [1.807, 2.05) is 18.2 Å². The Morgan fingerprint density at radius 2 is 1.88 bits per heavy atom. The Balaban J connectivity index is 2.39. The number of aryl methyl sites for hydroxylation is 1. The molecule has 0 bridgehead atoms. The third-order valence-corrected chi connectivity index (χ3v) is 5.80. The molecule has 2 rings (SSSR count). The molecule has 0 radical (unpaired) electrons. The van der Waals surface area contributed by atoms with Crippen molar-refractivity contribution in [2.75, 3.05) is 0 Å². The Morgan fingerprint density at radius 3 is 2.41 bits per heavy atom. The van der Waals surface area contributed by atoms with Crippen LogP contribution in [0.5, 0.6) is 0 Å². The largest absolute Gasteiger partial charge is 0.131 e. The summed E-state index contributed by atoms with van der Waals surface area (Å²) in [7, 11) is 0. The summed E-state index contributed by atoms with van der Waals surface area (Å²) in [4.78, 5) is 1.12. The van der Waals surface area contributed by atoms with Crippen LogP contribution in [0.15, 0.2) is 32.5 Å². The maximum atomic E-state index is 6.47. The minimum absolute atomic E-state index is 0.167. The molecule has 0 nitrogen and oxygen atoms in total. The van der Waals surface area contributed by atoms with Crippen molar-refractivity contribution < 1.29 is 0 Å². The lowest BCUT2D eigenvalue weighted by atomic mass is 10.1. The van der Waals surface area contributed by atoms with Gasteiger partial charge >= 0.3 is 0 Å². The Hall–Kier alpha value is 0.460. The Kier molecular flexibility index (Phi) is 4.59. The van der Waals surface area contributed by atoms with Crippen LogP contribution in [-0.2, 0) is 0 Å². The van der Waals surface area contributed by atoms with E-state index in [1.54, 1.807) is 11.3 Å². The number of thiophene rings is 1. The van der Waals surface area contributed by atoms with Gasteiger partial charge in [0.1, 0.15) is 0 Å². The van der Waals surface area contributed by atoms with Crippen molar-refractivity contribution in [3.8, 4) is 0 Å². The van der Waals surface area contributed by atoms with Crippen LogP contribution in [0.1, 0.15) is 21.4 Å². The first-order valence-corrected chi connectivity index (χ1v) is 8.05. The average molecular weight is 415 g/mol. The highest BCUT2D eigenvalue weighted by molar-refractivity contribution is 9.11. The second kappa shape index (κ2) is 5.62. The summed E-state index contributed by atoms with van der Waals surface area (Å²) in [6.07, 6.45) is 0. The number of alkyl halides is 1. The molecule has 0 aliphatic heterocycles. The van der Waals surface area contributed by atoms with Crippen LogP contribution in [-0.4, -0.2) is 0 Å². The molecule has 0 saturated carbocycles. The van der Waals surface area contributed by atoms with Gasteiger partial charge in [0.25, 0.3) is 0 Å². The van der Waals surface area contributed by atoms with Gasteiger partial charge in [-0.3, -0.25) is 0 Å². The molecular formula is C12H8Br2Cl2S. The second-order valence-electron chi connectivity index (χ2n) is 3.67. The van der Waals surface area contributed by atoms with Gasteiger partial charge in [-0.25, -0.2) is 0 Å². The summed E-state index contributed by atoms with van der Waals surface area (Å²) in [5.41, 5.74) is 2.21. The number of hydrogen-bond acceptors (Lipinski definition) is 1. The number of benzene rings is 1. The summed E-state index contributed by atoms with van der Waals surface area (Å²) >= 11 is 21.1. The third kappa shape index (κ3) is 3.27. The van der Waals surface area contributed by atoms with Gasteiger partial charge in [0.05, 0.1) is 9.16 Å². The van der Waals surface area contributed by atoms with Gasteiger partial charge < -0.3 is 0 Å². The zero-order chi connectivity index (χ0) is 12.6. The molecule has 0 amide bonds. The Bertz CT molecular complexity index is 512. The van der Waals surface area contributed by atoms with Gasteiger partial charge in [-0.1, -0.05) is 27.5 Å². The molecule has 0 saturated heterocycles. The van der Waals surface area contributed by atoms with Crippen molar-refractivity contribution >= 4 is 66.4 Å². The minimum Gasteiger partial charge on any atom is -0.131 e. The normalized spacial score (nSPS) is 12.8. The fourth-order valence-corrected chi connectivity index (χ4v) is 4.28. The first-order chi connectivity index (χ1) is 7.97. The van der Waals surface area contributed by atoms with E-state index in [4.69, 9.17) is 23.2 Å². The summed E-state index contributed by atoms with van der Waals surface area (Å²) in [5.74, 6) is 0. The molecule has 0 fully saturated rings. The highest BCUT2D eigenvalue weighted by atomic mass is 79.9. The topological polar surface area (TPSA) is 0 Å². The van der Waals surface area contributed by atoms with Crippen molar-refractivity contribution in [3.63, 3.8) is 0 Å². The fourth-order valence-electron chi connectivity index (χ4n) is 1.49. The van der Waals surface area contributed by atoms with Gasteiger partial charge in [-0.05, 0) is 58.2 Å². The predicted octanol–water partition coefficient (Wildman–Crippen LogP) is 6.56. The van der Waals surface area contributed by atoms with E-state index in [0.717, 1.165) is 18.7 Å². The quantitative estimate of drug-likeness (QED) is 0.488. The lowest BCUT2D eigenvalue weighted by Gasteiger charge is -2.08. The first kappa shape index (κ1) is 13.9. The molecule has 1 aromatic carbocycles. The molecule has 1 atom stereocenters. The number of hydrogen-bond donors (Lipinski definition) is 0. The van der Waals surface area contributed by atoms with Crippen LogP contribution in [0.2, 0.25) is 5.02 Å². The van der Waals surface area contributed by atoms with Crippen LogP contribution in [0, 0.1) is 6.92 Å². The monoisotopic (exact) mass is 412 g/mol. The van der Waals surface area contributed by atoms with E-state index in [1.165, 1.54) is 5.56 Å². The molecule has 2 aromatic rings. The zero-order valence-electron chi connectivity index (χ0n) is 8.81. The molecule has 0 spiro atoms. The van der Waals surface area contributed by atoms with Gasteiger partial charge in [-0.15, -0.1) is 22.9 Å². The van der Waals surface area contributed by atoms with Crippen molar-refractivity contribution in [2.24, 2.45) is 0 Å². The summed E-state index contributed by atoms with van der Waals surface area (Å²) < 4.78 is 2.07. The van der Waals surface area contributed by atoms with Crippen molar-refractivity contribution in [1.82, 2.24) is 0 Å². The Labute approximate surface area is 131 Å². The van der Waals surface area contributed by atoms with E-state index in [9.17, 15) is 0 Å². The highest BCUT2D eigenvalue weighted by Crippen LogP contribution is 2.39. The predicted molar refractivity (Wildman–Crippen MR) is 83.6 cm³/mol. The number of rotatable bonds is 2. The van der Waals surface area contributed by atoms with Gasteiger partial charge in [0.2, 0.25) is 0 Å². The molecule has 1 aromatic heterocycles. The van der Waals surface area contributed by atoms with E-state index in [-0.39, 0.29) is 5.38 Å². The standard InChI is InChI=1S/C12H8Br2Cl2S/c1-6-2-10(17-12(6)14)11(16)7-3-8(13)5-9(15)4-7/h2-5,11H,1H3. The lowest BCUT2D eigenvalue weighted by molar-refractivity contribution is 1.18. The SMILES string of the molecule is Cc1cc(C(Cl)c2cc(Cl)cc(Br)c2)sc1Br. The molecule has 90 valence electrons. The molecule has 1 heterocycles. The van der Waals surface area contributed by atoms with Gasteiger partial charge in [0, 0.05) is 14.4 Å². The summed E-state index contributed by atoms with van der Waals surface area (Å²) in [6, 6.07) is 7.84. The van der Waals surface area contributed by atoms with E-state index >= 15 is 0 Å². The van der Waals surface area contributed by atoms with Crippen molar-refractivity contribution in [3.05, 3.63) is 53.6 Å². The third-order valence-electron chi connectivity index (χ3n) is 2.30. The molecule has 5 heteroatoms. The van der Waals surface area contributed by atoms with Crippen LogP contribution in [0.25, 0.3) is 0 Å². The second-order valence-corrected chi connectivity index (χ2v) is 7.86. The van der Waals surface area contributed by atoms with Crippen LogP contribution < -0.4 is 0 Å². The number of halogens is 4. The molecule has 0 N–H and O–H groups in total. The lowest BCUT2D eigenvalue weighted by Crippen LogP contribution is -1.90. The molecule has 1 unspecified atom stereocenters. The van der Waals surface area contributed by atoms with Crippen molar-refractivity contribution in [1.29, 1.82) is 0 Å². The zero-order valence-corrected chi connectivity index (χ0v) is 14.3. The molecule has 0 aliphatic carbocycles. The van der Waals surface area contributed by atoms with Gasteiger partial charge in [-0.2, -0.15) is 0 Å². The smallest absolute Gasteiger partial charge is 0.0929 e. The molecule has 17 heavy (non-hydrogen) atoms. The minimum atomic E-state index is -0.167. The van der Waals surface area contributed by atoms with Crippen LogP contribution in [0.4, 0.5) is 0 Å². The van der Waals surface area contributed by atoms with E-state index in [2.05, 4.69) is 44.8 Å². The summed E-state index contributed by atoms with van der Waals surface area (Å²) in [6.45, 7) is 2.06. The maximum Gasteiger partial charge on any atom is 0.0929 e. The highest BCUT2D eigenvalue weighted by Gasteiger charge is 2.15. The van der Waals surface area contributed by atoms with E-state index in [0.29, 0.717) is 5.02 Å². The fraction of sp³-hybridized carbons (Fsp3) is 0.167. The molecule has 0 aliphatic rings.